The number of nitrogens with one attached hydrogen (secondary N) is 1. The van der Waals surface area contributed by atoms with Gasteiger partial charge in [-0.05, 0) is 37.6 Å². The number of benzene rings is 1. The largest absolute Gasteiger partial charge is 0.460 e. The smallest absolute Gasteiger partial charge is 0.145 e. The van der Waals surface area contributed by atoms with Crippen molar-refractivity contribution in [2.24, 2.45) is 0 Å². The summed E-state index contributed by atoms with van der Waals surface area (Å²) in [6.45, 7) is 3.71. The van der Waals surface area contributed by atoms with Crippen molar-refractivity contribution in [1.82, 2.24) is 10.3 Å². The van der Waals surface area contributed by atoms with Gasteiger partial charge in [0.15, 0.2) is 0 Å². The van der Waals surface area contributed by atoms with E-state index in [1.165, 1.54) is 5.56 Å². The first-order valence-corrected chi connectivity index (χ1v) is 7.89. The standard InChI is InChI=1S/C17H18N2OS/c1-13-7-8-15(20-13)16-11-19-17(21-16)12-18-10-9-14-5-3-2-4-6-14/h2-8,11,18H,9-10,12H2,1H3. The third-order valence-electron chi connectivity index (χ3n) is 3.25. The van der Waals surface area contributed by atoms with E-state index in [0.717, 1.165) is 40.9 Å². The maximum atomic E-state index is 5.62. The van der Waals surface area contributed by atoms with Crippen LogP contribution in [0.3, 0.4) is 0 Å². The van der Waals surface area contributed by atoms with Crippen LogP contribution >= 0.6 is 11.3 Å². The fourth-order valence-corrected chi connectivity index (χ4v) is 2.99. The predicted octanol–water partition coefficient (Wildman–Crippen LogP) is 4.04. The summed E-state index contributed by atoms with van der Waals surface area (Å²) in [5, 5.41) is 4.53. The van der Waals surface area contributed by atoms with Gasteiger partial charge in [-0.15, -0.1) is 11.3 Å². The minimum atomic E-state index is 0.803. The highest BCUT2D eigenvalue weighted by atomic mass is 32.1. The number of hydrogen-bond acceptors (Lipinski definition) is 4. The summed E-state index contributed by atoms with van der Waals surface area (Å²) in [6.07, 6.45) is 2.92. The van der Waals surface area contributed by atoms with Crippen LogP contribution in [0, 0.1) is 6.92 Å². The number of thiazole rings is 1. The van der Waals surface area contributed by atoms with Crippen molar-refractivity contribution in [3.63, 3.8) is 0 Å². The van der Waals surface area contributed by atoms with Crippen LogP contribution in [0.5, 0.6) is 0 Å². The van der Waals surface area contributed by atoms with Crippen molar-refractivity contribution in [1.29, 1.82) is 0 Å². The molecule has 0 saturated carbocycles. The SMILES string of the molecule is Cc1ccc(-c2cnc(CNCCc3ccccc3)s2)o1. The molecule has 4 heteroatoms. The van der Waals surface area contributed by atoms with E-state index >= 15 is 0 Å². The lowest BCUT2D eigenvalue weighted by Crippen LogP contribution is -2.16. The summed E-state index contributed by atoms with van der Waals surface area (Å²) in [5.41, 5.74) is 1.36. The zero-order valence-corrected chi connectivity index (χ0v) is 12.8. The highest BCUT2D eigenvalue weighted by molar-refractivity contribution is 7.15. The fraction of sp³-hybridized carbons (Fsp3) is 0.235. The number of aromatic nitrogens is 1. The molecule has 108 valence electrons. The molecule has 2 heterocycles. The van der Waals surface area contributed by atoms with E-state index in [0.29, 0.717) is 0 Å². The second kappa shape index (κ2) is 6.70. The molecule has 1 N–H and O–H groups in total. The van der Waals surface area contributed by atoms with E-state index in [9.17, 15) is 0 Å². The van der Waals surface area contributed by atoms with Gasteiger partial charge < -0.3 is 9.73 Å². The molecule has 0 atom stereocenters. The molecule has 3 rings (SSSR count). The van der Waals surface area contributed by atoms with Gasteiger partial charge in [-0.1, -0.05) is 30.3 Å². The summed E-state index contributed by atoms with van der Waals surface area (Å²) in [5.74, 6) is 1.83. The molecule has 21 heavy (non-hydrogen) atoms. The van der Waals surface area contributed by atoms with Gasteiger partial charge in [0, 0.05) is 12.7 Å². The molecule has 3 nitrogen and oxygen atoms in total. The molecule has 0 unspecified atom stereocenters. The van der Waals surface area contributed by atoms with Gasteiger partial charge in [0.1, 0.15) is 16.5 Å². The third-order valence-corrected chi connectivity index (χ3v) is 4.26. The Bertz CT molecular complexity index is 688. The molecule has 0 aliphatic carbocycles. The second-order valence-electron chi connectivity index (χ2n) is 4.94. The van der Waals surface area contributed by atoms with E-state index in [1.807, 2.05) is 31.3 Å². The van der Waals surface area contributed by atoms with Gasteiger partial charge >= 0.3 is 0 Å². The van der Waals surface area contributed by atoms with Crippen LogP contribution in [0.25, 0.3) is 10.6 Å². The maximum Gasteiger partial charge on any atom is 0.145 e. The summed E-state index contributed by atoms with van der Waals surface area (Å²) >= 11 is 1.68. The van der Waals surface area contributed by atoms with Gasteiger partial charge in [-0.25, -0.2) is 4.98 Å². The monoisotopic (exact) mass is 298 g/mol. The lowest BCUT2D eigenvalue weighted by molar-refractivity contribution is 0.549. The van der Waals surface area contributed by atoms with Crippen LogP contribution in [-0.4, -0.2) is 11.5 Å². The lowest BCUT2D eigenvalue weighted by atomic mass is 10.1. The Morgan fingerprint density at radius 2 is 2.00 bits per heavy atom. The Balaban J connectivity index is 1.49. The Morgan fingerprint density at radius 3 is 2.76 bits per heavy atom. The third kappa shape index (κ3) is 3.80. The number of rotatable bonds is 6. The minimum absolute atomic E-state index is 0.803. The molecule has 0 amide bonds. The van der Waals surface area contributed by atoms with E-state index in [-0.39, 0.29) is 0 Å². The zero-order valence-electron chi connectivity index (χ0n) is 12.0. The first-order chi connectivity index (χ1) is 10.3. The fourth-order valence-electron chi connectivity index (χ4n) is 2.15. The molecule has 0 bridgehead atoms. The maximum absolute atomic E-state index is 5.62. The predicted molar refractivity (Wildman–Crippen MR) is 86.4 cm³/mol. The quantitative estimate of drug-likeness (QED) is 0.698. The molecular formula is C17H18N2OS. The number of hydrogen-bond donors (Lipinski definition) is 1. The van der Waals surface area contributed by atoms with E-state index < -0.39 is 0 Å². The summed E-state index contributed by atoms with van der Waals surface area (Å²) in [4.78, 5) is 5.53. The molecular weight excluding hydrogens is 280 g/mol. The molecule has 0 aliphatic rings. The van der Waals surface area contributed by atoms with Crippen LogP contribution in [0.2, 0.25) is 0 Å². The molecule has 1 aromatic carbocycles. The molecule has 0 aliphatic heterocycles. The molecule has 0 spiro atoms. The van der Waals surface area contributed by atoms with Crippen LogP contribution in [0.1, 0.15) is 16.3 Å². The van der Waals surface area contributed by atoms with Crippen LogP contribution < -0.4 is 5.32 Å². The van der Waals surface area contributed by atoms with Crippen molar-refractivity contribution >= 4 is 11.3 Å². The highest BCUT2D eigenvalue weighted by Crippen LogP contribution is 2.27. The Labute approximate surface area is 128 Å². The first kappa shape index (κ1) is 14.0. The van der Waals surface area contributed by atoms with Gasteiger partial charge in [-0.3, -0.25) is 0 Å². The van der Waals surface area contributed by atoms with E-state index in [2.05, 4.69) is 34.6 Å². The highest BCUT2D eigenvalue weighted by Gasteiger charge is 2.07. The van der Waals surface area contributed by atoms with E-state index in [4.69, 9.17) is 4.42 Å². The van der Waals surface area contributed by atoms with Crippen molar-refractivity contribution in [3.05, 3.63) is 65.0 Å². The molecule has 3 aromatic rings. The minimum Gasteiger partial charge on any atom is -0.460 e. The number of furan rings is 1. The van der Waals surface area contributed by atoms with Gasteiger partial charge in [-0.2, -0.15) is 0 Å². The molecule has 0 radical (unpaired) electrons. The van der Waals surface area contributed by atoms with Crippen molar-refractivity contribution < 1.29 is 4.42 Å². The average molecular weight is 298 g/mol. The summed E-state index contributed by atoms with van der Waals surface area (Å²) < 4.78 is 5.62. The molecule has 0 fully saturated rings. The zero-order chi connectivity index (χ0) is 14.5. The average Bonchev–Trinajstić information content (AvgIpc) is 3.13. The van der Waals surface area contributed by atoms with Gasteiger partial charge in [0.05, 0.1) is 4.88 Å². The van der Waals surface area contributed by atoms with Crippen molar-refractivity contribution in [2.75, 3.05) is 6.54 Å². The Kier molecular flexibility index (Phi) is 4.48. The van der Waals surface area contributed by atoms with E-state index in [1.54, 1.807) is 11.3 Å². The number of aryl methyl sites for hydroxylation is 1. The molecule has 0 saturated heterocycles. The molecule has 2 aromatic heterocycles. The topological polar surface area (TPSA) is 38.1 Å². The van der Waals surface area contributed by atoms with Crippen LogP contribution in [0.15, 0.2) is 53.1 Å². The van der Waals surface area contributed by atoms with Gasteiger partial charge in [0.25, 0.3) is 0 Å². The Morgan fingerprint density at radius 1 is 1.14 bits per heavy atom. The summed E-state index contributed by atoms with van der Waals surface area (Å²) in [7, 11) is 0. The van der Waals surface area contributed by atoms with Gasteiger partial charge in [0.2, 0.25) is 0 Å². The summed E-state index contributed by atoms with van der Waals surface area (Å²) in [6, 6.07) is 14.5. The normalized spacial score (nSPS) is 10.9. The first-order valence-electron chi connectivity index (χ1n) is 7.07. The van der Waals surface area contributed by atoms with Crippen molar-refractivity contribution in [2.45, 2.75) is 19.9 Å². The second-order valence-corrected chi connectivity index (χ2v) is 6.06. The van der Waals surface area contributed by atoms with Crippen LogP contribution in [-0.2, 0) is 13.0 Å². The lowest BCUT2D eigenvalue weighted by Gasteiger charge is -2.02. The van der Waals surface area contributed by atoms with Crippen LogP contribution in [0.4, 0.5) is 0 Å². The number of nitrogens with zero attached hydrogens (tertiary/aromatic N) is 1. The van der Waals surface area contributed by atoms with Crippen molar-refractivity contribution in [3.8, 4) is 10.6 Å². The Hall–Kier alpha value is -1.91.